The summed E-state index contributed by atoms with van der Waals surface area (Å²) in [5, 5.41) is 20.1. The quantitative estimate of drug-likeness (QED) is 0.193. The van der Waals surface area contributed by atoms with Crippen LogP contribution >= 0.6 is 34.5 Å². The second-order valence-electron chi connectivity index (χ2n) is 11.3. The van der Waals surface area contributed by atoms with E-state index in [2.05, 4.69) is 32.3 Å². The van der Waals surface area contributed by atoms with Crippen LogP contribution in [0.25, 0.3) is 32.9 Å². The molecule has 2 saturated heterocycles. The number of fused-ring (bicyclic) bond motifs is 4. The minimum atomic E-state index is -0.492. The molecule has 8 rings (SSSR count). The van der Waals surface area contributed by atoms with E-state index in [-0.39, 0.29) is 41.0 Å². The Hall–Kier alpha value is -3.55. The van der Waals surface area contributed by atoms with E-state index in [4.69, 9.17) is 28.2 Å². The first kappa shape index (κ1) is 28.2. The lowest BCUT2D eigenvalue weighted by molar-refractivity contribution is 0.0932. The molecule has 1 aliphatic carbocycles. The predicted molar refractivity (Wildman–Crippen MR) is 168 cm³/mol. The van der Waals surface area contributed by atoms with E-state index in [0.29, 0.717) is 50.8 Å². The monoisotopic (exact) mass is 632 g/mol. The summed E-state index contributed by atoms with van der Waals surface area (Å²) in [5.74, 6) is -0.307. The van der Waals surface area contributed by atoms with Crippen molar-refractivity contribution in [1.82, 2.24) is 25.2 Å². The fraction of sp³-hybridized carbons (Fsp3) is 0.312. The van der Waals surface area contributed by atoms with Crippen LogP contribution in [0, 0.1) is 30.0 Å². The Morgan fingerprint density at radius 1 is 1.33 bits per heavy atom. The molecule has 4 atom stereocenters. The second kappa shape index (κ2) is 10.9. The third-order valence-corrected chi connectivity index (χ3v) is 10.3. The van der Waals surface area contributed by atoms with Gasteiger partial charge in [-0.15, -0.1) is 11.3 Å². The maximum Gasteiger partial charge on any atom is 0.271 e. The molecule has 0 radical (unpaired) electrons. The Kier molecular flexibility index (Phi) is 7.13. The Morgan fingerprint density at radius 3 is 2.86 bits per heavy atom. The van der Waals surface area contributed by atoms with Crippen LogP contribution in [0.5, 0.6) is 0 Å². The van der Waals surface area contributed by atoms with Crippen LogP contribution < -0.4 is 10.6 Å². The molecule has 2 aromatic carbocycles. The van der Waals surface area contributed by atoms with Gasteiger partial charge in [-0.3, -0.25) is 4.79 Å². The standard InChI is InChI=1S/C32H27Cl2FN6OS/c1-15-20-11-25(16(2)40-32(42)24-13-43-14-38-24)41(30-18-10-23(30)37-12-18)31(20)21-9-17(5-4-8-36)26(28(35)29(21)39-15)19-6-3-7-22(33)27(19)34/h3,6-7,9,11,13-14,16,18,23,30,37H,4-5,10,12H2,1-2H3,(H,40,42)/t16?,18-,23-,30+/m1/s1. The van der Waals surface area contributed by atoms with E-state index >= 15 is 4.39 Å². The zero-order valence-corrected chi connectivity index (χ0v) is 25.7. The molecule has 5 heterocycles. The SMILES string of the molecule is Cc1nc2c(F)c(-c3cccc(Cl)c3Cl)c(CCC#N)cc2c2c1cc(C(C)NC(=O)c1cscn1)n2[C@H]1[C@H]2CN[C@@H]1C2. The number of nitriles is 1. The van der Waals surface area contributed by atoms with Crippen molar-refractivity contribution < 1.29 is 9.18 Å². The number of hydrogen-bond donors (Lipinski definition) is 2. The van der Waals surface area contributed by atoms with Gasteiger partial charge in [-0.05, 0) is 56.4 Å². The van der Waals surface area contributed by atoms with Crippen molar-refractivity contribution in [3.05, 3.63) is 79.7 Å². The molecule has 218 valence electrons. The van der Waals surface area contributed by atoms with Gasteiger partial charge in [0.15, 0.2) is 5.82 Å². The highest BCUT2D eigenvalue weighted by molar-refractivity contribution is 7.07. The van der Waals surface area contributed by atoms with Crippen LogP contribution in [-0.2, 0) is 6.42 Å². The summed E-state index contributed by atoms with van der Waals surface area (Å²) in [7, 11) is 0. The molecule has 2 bridgehead atoms. The summed E-state index contributed by atoms with van der Waals surface area (Å²) in [6, 6.07) is 11.5. The number of amides is 1. The fourth-order valence-electron chi connectivity index (χ4n) is 6.84. The van der Waals surface area contributed by atoms with Crippen LogP contribution in [-0.4, -0.2) is 33.0 Å². The van der Waals surface area contributed by atoms with Crippen LogP contribution in [0.15, 0.2) is 41.2 Å². The van der Waals surface area contributed by atoms with Gasteiger partial charge in [0.1, 0.15) is 11.2 Å². The molecule has 3 fully saturated rings. The van der Waals surface area contributed by atoms with Gasteiger partial charge in [-0.25, -0.2) is 14.4 Å². The van der Waals surface area contributed by atoms with Crippen LogP contribution in [0.2, 0.25) is 10.0 Å². The number of nitrogens with zero attached hydrogens (tertiary/aromatic N) is 4. The summed E-state index contributed by atoms with van der Waals surface area (Å²) >= 11 is 14.3. The molecule has 5 aromatic rings. The number of benzene rings is 2. The van der Waals surface area contributed by atoms with E-state index < -0.39 is 5.82 Å². The third kappa shape index (κ3) is 4.51. The van der Waals surface area contributed by atoms with Crippen LogP contribution in [0.1, 0.15) is 59.3 Å². The number of pyridine rings is 1. The first-order valence-corrected chi connectivity index (χ1v) is 15.9. The number of nitrogens with one attached hydrogen (secondary N) is 2. The van der Waals surface area contributed by atoms with E-state index in [9.17, 15) is 10.1 Å². The van der Waals surface area contributed by atoms with Crippen molar-refractivity contribution >= 4 is 62.3 Å². The van der Waals surface area contributed by atoms with Crippen molar-refractivity contribution in [2.24, 2.45) is 5.92 Å². The molecule has 43 heavy (non-hydrogen) atoms. The van der Waals surface area contributed by atoms with Crippen molar-refractivity contribution in [2.45, 2.75) is 51.2 Å². The summed E-state index contributed by atoms with van der Waals surface area (Å²) in [6.07, 6.45) is 1.62. The molecule has 2 aliphatic heterocycles. The maximum atomic E-state index is 16.8. The average molecular weight is 634 g/mol. The Bertz CT molecular complexity index is 1950. The minimum absolute atomic E-state index is 0.156. The fourth-order valence-corrected chi connectivity index (χ4v) is 7.77. The molecule has 1 saturated carbocycles. The minimum Gasteiger partial charge on any atom is -0.343 e. The smallest absolute Gasteiger partial charge is 0.271 e. The number of hydrogen-bond acceptors (Lipinski definition) is 6. The molecule has 3 aliphatic rings. The molecule has 3 aromatic heterocycles. The molecular weight excluding hydrogens is 606 g/mol. The molecule has 1 amide bonds. The highest BCUT2D eigenvalue weighted by Gasteiger charge is 2.49. The van der Waals surface area contributed by atoms with E-state index in [1.54, 1.807) is 29.1 Å². The highest BCUT2D eigenvalue weighted by atomic mass is 35.5. The van der Waals surface area contributed by atoms with Gasteiger partial charge in [0, 0.05) is 57.7 Å². The normalized spacial score (nSPS) is 19.9. The number of rotatable bonds is 7. The van der Waals surface area contributed by atoms with Crippen molar-refractivity contribution in [3.8, 4) is 17.2 Å². The Labute approximate surface area is 261 Å². The molecule has 7 nitrogen and oxygen atoms in total. The van der Waals surface area contributed by atoms with Crippen LogP contribution in [0.3, 0.4) is 0 Å². The number of halogens is 3. The number of thiazole rings is 1. The molecule has 2 N–H and O–H groups in total. The highest BCUT2D eigenvalue weighted by Crippen LogP contribution is 2.49. The average Bonchev–Trinajstić information content (AvgIpc) is 3.79. The van der Waals surface area contributed by atoms with Crippen molar-refractivity contribution in [3.63, 3.8) is 0 Å². The van der Waals surface area contributed by atoms with Gasteiger partial charge in [0.05, 0.1) is 39.2 Å². The van der Waals surface area contributed by atoms with Crippen LogP contribution in [0.4, 0.5) is 4.39 Å². The summed E-state index contributed by atoms with van der Waals surface area (Å²) < 4.78 is 19.1. The molecular formula is C32H27Cl2FN6OS. The number of aromatic nitrogens is 3. The number of aryl methyl sites for hydroxylation is 2. The Balaban J connectivity index is 1.49. The molecule has 11 heteroatoms. The Morgan fingerprint density at radius 2 is 2.16 bits per heavy atom. The first-order valence-electron chi connectivity index (χ1n) is 14.2. The summed E-state index contributed by atoms with van der Waals surface area (Å²) in [6.45, 7) is 4.76. The van der Waals surface area contributed by atoms with Crippen molar-refractivity contribution in [1.29, 1.82) is 5.26 Å². The van der Waals surface area contributed by atoms with E-state index in [1.165, 1.54) is 11.3 Å². The number of carbonyl (C=O) groups is 1. The topological polar surface area (TPSA) is 95.6 Å². The van der Waals surface area contributed by atoms with E-state index in [1.807, 2.05) is 19.9 Å². The zero-order chi connectivity index (χ0) is 30.0. The summed E-state index contributed by atoms with van der Waals surface area (Å²) in [4.78, 5) is 22.0. The van der Waals surface area contributed by atoms with Gasteiger partial charge in [-0.1, -0.05) is 35.3 Å². The lowest BCUT2D eigenvalue weighted by atomic mass is 9.79. The van der Waals surface area contributed by atoms with Crippen molar-refractivity contribution in [2.75, 3.05) is 6.54 Å². The van der Waals surface area contributed by atoms with Gasteiger partial charge in [0.2, 0.25) is 0 Å². The van der Waals surface area contributed by atoms with Gasteiger partial charge in [-0.2, -0.15) is 5.26 Å². The third-order valence-electron chi connectivity index (χ3n) is 8.89. The zero-order valence-electron chi connectivity index (χ0n) is 23.4. The lowest BCUT2D eigenvalue weighted by Crippen LogP contribution is -2.40. The van der Waals surface area contributed by atoms with E-state index in [0.717, 1.165) is 29.6 Å². The van der Waals surface area contributed by atoms with Gasteiger partial charge in [0.25, 0.3) is 5.91 Å². The molecule has 0 spiro atoms. The molecule has 1 unspecified atom stereocenters. The first-order chi connectivity index (χ1) is 20.8. The van der Waals surface area contributed by atoms with Gasteiger partial charge >= 0.3 is 0 Å². The number of carbonyl (C=O) groups excluding carboxylic acids is 1. The lowest BCUT2D eigenvalue weighted by Gasteiger charge is -2.38. The predicted octanol–water partition coefficient (Wildman–Crippen LogP) is 7.55. The van der Waals surface area contributed by atoms with Gasteiger partial charge < -0.3 is 15.2 Å². The maximum absolute atomic E-state index is 16.8. The largest absolute Gasteiger partial charge is 0.343 e. The second-order valence-corrected chi connectivity index (χ2v) is 12.9. The summed E-state index contributed by atoms with van der Waals surface area (Å²) in [5.41, 5.74) is 6.20.